The van der Waals surface area contributed by atoms with Gasteiger partial charge in [-0.1, -0.05) is 0 Å². The minimum absolute atomic E-state index is 1.46. The average Bonchev–Trinajstić information content (AvgIpc) is 1.37. The Morgan fingerprint density at radius 2 is 2.25 bits per heavy atom. The molecule has 0 saturated heterocycles. The topological polar surface area (TPSA) is 4.36 Å². The Morgan fingerprint density at radius 1 is 2.00 bits per heavy atom. The van der Waals surface area contributed by atoms with Gasteiger partial charge in [-0.15, -0.1) is 0 Å². The summed E-state index contributed by atoms with van der Waals surface area (Å²) in [5.41, 5.74) is 0. The van der Waals surface area contributed by atoms with E-state index in [0.29, 0.717) is 0 Å². The number of hydrogen-bond donors (Lipinski definition) is 0. The zero-order valence-corrected chi connectivity index (χ0v) is 3.46. The first-order chi connectivity index (χ1) is 1.91. The molecule has 0 heterocycles. The molecule has 0 saturated carbocycles. The van der Waals surface area contributed by atoms with Crippen LogP contribution in [0.1, 0.15) is 0 Å². The van der Waals surface area contributed by atoms with Gasteiger partial charge in [0.15, 0.2) is 0 Å². The maximum atomic E-state index is 3.42. The van der Waals surface area contributed by atoms with Gasteiger partial charge in [0.2, 0.25) is 0 Å². The molecule has 0 radical (unpaired) electrons. The summed E-state index contributed by atoms with van der Waals surface area (Å²) in [6.45, 7) is 3.29. The van der Waals surface area contributed by atoms with Gasteiger partial charge in [-0.25, -0.2) is 0 Å². The molecule has 20 valence electrons. The molecule has 0 N–H and O–H groups in total. The van der Waals surface area contributed by atoms with Crippen molar-refractivity contribution in [2.45, 2.75) is 0 Å². The Morgan fingerprint density at radius 3 is 2.25 bits per heavy atom. The van der Waals surface area contributed by atoms with Crippen LogP contribution in [-0.2, 0) is 0 Å². The Hall–Kier alpha value is -0.333. The quantitative estimate of drug-likeness (QED) is 0.361. The fourth-order valence-electron chi connectivity index (χ4n) is 0. The standard InChI is InChI=1S/C2H4NSi/c1-2-3-4/h2,4H,1H2/q+1. The zero-order valence-electron chi connectivity index (χ0n) is 2.31. The Labute approximate surface area is 28.2 Å². The van der Waals surface area contributed by atoms with Gasteiger partial charge in [0.25, 0.3) is 6.20 Å². The van der Waals surface area contributed by atoms with Crippen molar-refractivity contribution in [1.29, 1.82) is 0 Å². The molecule has 4 heavy (non-hydrogen) atoms. The molecule has 0 unspecified atom stereocenters. The maximum Gasteiger partial charge on any atom is 0.463 e. The summed E-state index contributed by atoms with van der Waals surface area (Å²) in [6, 6.07) is 0. The van der Waals surface area contributed by atoms with Crippen LogP contribution in [0.2, 0.25) is 0 Å². The molecule has 2 heteroatoms. The average molecular weight is 70.1 g/mol. The molecule has 0 aromatic carbocycles. The van der Waals surface area contributed by atoms with Gasteiger partial charge in [0.1, 0.15) is 0 Å². The predicted molar refractivity (Wildman–Crippen MR) is 20.7 cm³/mol. The third kappa shape index (κ3) is 1.67. The van der Waals surface area contributed by atoms with Gasteiger partial charge in [0.05, 0.1) is 0 Å². The summed E-state index contributed by atoms with van der Waals surface area (Å²) in [5.74, 6) is 0. The van der Waals surface area contributed by atoms with Crippen LogP contribution in [0.4, 0.5) is 0 Å². The third-order valence-corrected chi connectivity index (χ3v) is 0.316. The van der Waals surface area contributed by atoms with E-state index in [1.807, 2.05) is 0 Å². The molecular formula is C2H4NSi+. The third-order valence-electron chi connectivity index (χ3n) is 0.105. The van der Waals surface area contributed by atoms with Gasteiger partial charge in [-0.3, -0.25) is 0 Å². The van der Waals surface area contributed by atoms with Crippen molar-refractivity contribution in [3.8, 4) is 0 Å². The lowest BCUT2D eigenvalue weighted by molar-refractivity contribution is 2.20. The molecule has 0 rings (SSSR count). The van der Waals surface area contributed by atoms with Crippen LogP contribution in [-0.4, -0.2) is 9.88 Å². The second kappa shape index (κ2) is 2.67. The highest BCUT2D eigenvalue weighted by molar-refractivity contribution is 5.91. The van der Waals surface area contributed by atoms with Crippen LogP contribution < -0.4 is 0 Å². The van der Waals surface area contributed by atoms with Crippen molar-refractivity contribution < 1.29 is 0 Å². The van der Waals surface area contributed by atoms with E-state index in [1.54, 1.807) is 0 Å². The van der Waals surface area contributed by atoms with Crippen molar-refractivity contribution in [2.75, 3.05) is 0 Å². The zero-order chi connectivity index (χ0) is 3.41. The molecule has 0 aromatic heterocycles. The van der Waals surface area contributed by atoms with E-state index >= 15 is 0 Å². The van der Waals surface area contributed by atoms with E-state index in [4.69, 9.17) is 0 Å². The molecular weight excluding hydrogens is 66.1 g/mol. The summed E-state index contributed by atoms with van der Waals surface area (Å²) in [7, 11) is 2.16. The van der Waals surface area contributed by atoms with Gasteiger partial charge in [-0.05, 0) is 6.58 Å². The Balaban J connectivity index is 2.92. The number of nitrogens with zero attached hydrogens (tertiary/aromatic N) is 1. The van der Waals surface area contributed by atoms with Crippen LogP contribution in [0.25, 0.3) is 4.47 Å². The lowest BCUT2D eigenvalue weighted by atomic mass is 11.1. The smallest absolute Gasteiger partial charge is 0.159 e. The van der Waals surface area contributed by atoms with Crippen molar-refractivity contribution in [1.82, 2.24) is 0 Å². The van der Waals surface area contributed by atoms with Crippen LogP contribution >= 0.6 is 0 Å². The lowest BCUT2D eigenvalue weighted by Gasteiger charge is -1.25. The van der Waals surface area contributed by atoms with E-state index in [-0.39, 0.29) is 0 Å². The number of rotatable bonds is 0. The molecule has 0 aliphatic carbocycles. The van der Waals surface area contributed by atoms with Crippen LogP contribution in [0.15, 0.2) is 12.8 Å². The Kier molecular flexibility index (Phi) is 2.44. The lowest BCUT2D eigenvalue weighted by Crippen LogP contribution is -1.18. The first-order valence-corrected chi connectivity index (χ1v) is 1.44. The second-order valence-corrected chi connectivity index (χ2v) is 0.630. The van der Waals surface area contributed by atoms with E-state index in [9.17, 15) is 0 Å². The first-order valence-electron chi connectivity index (χ1n) is 0.925. The monoisotopic (exact) mass is 70.0 g/mol. The van der Waals surface area contributed by atoms with Crippen molar-refractivity contribution in [2.24, 2.45) is 0 Å². The highest BCUT2D eigenvalue weighted by atomic mass is 28.1. The van der Waals surface area contributed by atoms with Gasteiger partial charge in [0, 0.05) is 0 Å². The fourth-order valence-corrected chi connectivity index (χ4v) is 0. The number of hydrogen-bond acceptors (Lipinski definition) is 0. The van der Waals surface area contributed by atoms with Crippen molar-refractivity contribution in [3.05, 3.63) is 17.2 Å². The van der Waals surface area contributed by atoms with Crippen LogP contribution in [0.5, 0.6) is 0 Å². The highest BCUT2D eigenvalue weighted by Gasteiger charge is 1.42. The van der Waals surface area contributed by atoms with E-state index in [2.05, 4.69) is 20.9 Å². The minimum Gasteiger partial charge on any atom is -0.159 e. The predicted octanol–water partition coefficient (Wildman–Crippen LogP) is 0.319. The SMILES string of the molecule is C=C[N+]#[SiH]. The molecule has 0 fully saturated rings. The summed E-state index contributed by atoms with van der Waals surface area (Å²) in [4.78, 5) is 0. The summed E-state index contributed by atoms with van der Waals surface area (Å²) < 4.78 is 3.42. The van der Waals surface area contributed by atoms with E-state index in [0.717, 1.165) is 0 Å². The molecule has 0 bridgehead atoms. The van der Waals surface area contributed by atoms with Gasteiger partial charge >= 0.3 is 9.88 Å². The maximum absolute atomic E-state index is 3.42. The van der Waals surface area contributed by atoms with Crippen molar-refractivity contribution in [3.63, 3.8) is 0 Å². The highest BCUT2D eigenvalue weighted by Crippen LogP contribution is 1.50. The summed E-state index contributed by atoms with van der Waals surface area (Å²) in [6.07, 6.45) is 1.46. The first kappa shape index (κ1) is 3.67. The fraction of sp³-hybridized carbons (Fsp3) is 0. The molecule has 0 atom stereocenters. The molecule has 0 amide bonds. The van der Waals surface area contributed by atoms with Crippen LogP contribution in [0, 0.1) is 0 Å². The van der Waals surface area contributed by atoms with Gasteiger partial charge in [-0.2, -0.15) is 4.47 Å². The summed E-state index contributed by atoms with van der Waals surface area (Å²) in [5, 5.41) is 0. The summed E-state index contributed by atoms with van der Waals surface area (Å²) >= 11 is 0. The molecule has 0 aromatic rings. The van der Waals surface area contributed by atoms with Crippen molar-refractivity contribution >= 4 is 9.88 Å². The molecule has 0 aliphatic rings. The second-order valence-electron chi connectivity index (χ2n) is 0.332. The Bertz CT molecular complexity index is 51.5. The largest absolute Gasteiger partial charge is 0.463 e. The van der Waals surface area contributed by atoms with Crippen LogP contribution in [0.3, 0.4) is 0 Å². The minimum atomic E-state index is 1.46. The van der Waals surface area contributed by atoms with E-state index in [1.165, 1.54) is 6.20 Å². The molecule has 0 spiro atoms. The van der Waals surface area contributed by atoms with E-state index < -0.39 is 0 Å². The molecule has 0 aliphatic heterocycles. The van der Waals surface area contributed by atoms with Gasteiger partial charge < -0.3 is 0 Å². The normalized spacial score (nSPS) is 3.75. The molecule has 1 nitrogen and oxygen atoms in total.